The Labute approximate surface area is 134 Å². The van der Waals surface area contributed by atoms with Crippen LogP contribution in [0, 0.1) is 12.8 Å². The number of urea groups is 1. The first kappa shape index (κ1) is 16.7. The quantitative estimate of drug-likeness (QED) is 0.892. The molecule has 1 atom stereocenters. The van der Waals surface area contributed by atoms with Crippen molar-refractivity contribution in [3.63, 3.8) is 0 Å². The highest BCUT2D eigenvalue weighted by atomic mass is 32.1. The summed E-state index contributed by atoms with van der Waals surface area (Å²) in [5.74, 6) is -0.0914. The summed E-state index contributed by atoms with van der Waals surface area (Å²) >= 11 is 1.55. The number of aromatic nitrogens is 2. The van der Waals surface area contributed by atoms with E-state index in [2.05, 4.69) is 15.5 Å². The highest BCUT2D eigenvalue weighted by Gasteiger charge is 2.28. The molecule has 2 heterocycles. The first-order chi connectivity index (χ1) is 10.5. The Morgan fingerprint density at radius 1 is 1.41 bits per heavy atom. The van der Waals surface area contributed by atoms with Crippen LogP contribution in [0.25, 0.3) is 0 Å². The monoisotopic (exact) mass is 325 g/mol. The van der Waals surface area contributed by atoms with Crippen LogP contribution in [0.5, 0.6) is 0 Å². The molecule has 3 amide bonds. The minimum atomic E-state index is -0.117. The molecule has 8 heteroatoms. The van der Waals surface area contributed by atoms with Crippen molar-refractivity contribution >= 4 is 23.3 Å². The summed E-state index contributed by atoms with van der Waals surface area (Å²) in [6.45, 7) is 3.70. The second-order valence-corrected chi connectivity index (χ2v) is 6.98. The van der Waals surface area contributed by atoms with Gasteiger partial charge in [-0.1, -0.05) is 0 Å². The van der Waals surface area contributed by atoms with Crippen molar-refractivity contribution in [2.24, 2.45) is 5.92 Å². The zero-order chi connectivity index (χ0) is 16.1. The molecule has 122 valence electrons. The van der Waals surface area contributed by atoms with Gasteiger partial charge in [-0.05, 0) is 19.8 Å². The first-order valence-electron chi connectivity index (χ1n) is 7.50. The number of amides is 3. The smallest absolute Gasteiger partial charge is 0.319 e. The van der Waals surface area contributed by atoms with E-state index in [9.17, 15) is 9.59 Å². The van der Waals surface area contributed by atoms with Gasteiger partial charge in [-0.2, -0.15) is 0 Å². The van der Waals surface area contributed by atoms with Crippen molar-refractivity contribution in [1.82, 2.24) is 25.3 Å². The van der Waals surface area contributed by atoms with Crippen LogP contribution >= 0.6 is 11.3 Å². The van der Waals surface area contributed by atoms with Crippen molar-refractivity contribution in [2.45, 2.75) is 26.2 Å². The largest absolute Gasteiger partial charge is 0.355 e. The number of carbonyl (C=O) groups excluding carboxylic acids is 2. The van der Waals surface area contributed by atoms with E-state index < -0.39 is 0 Å². The second-order valence-electron chi connectivity index (χ2n) is 5.72. The van der Waals surface area contributed by atoms with Crippen LogP contribution in [0.3, 0.4) is 0 Å². The zero-order valence-corrected chi connectivity index (χ0v) is 14.2. The number of nitrogens with one attached hydrogen (secondary N) is 1. The lowest BCUT2D eigenvalue weighted by atomic mass is 9.97. The average molecular weight is 325 g/mol. The molecule has 7 nitrogen and oxygen atoms in total. The van der Waals surface area contributed by atoms with E-state index in [0.717, 1.165) is 29.4 Å². The molecule has 0 saturated carbocycles. The topological polar surface area (TPSA) is 78.4 Å². The Hall–Kier alpha value is -1.70. The van der Waals surface area contributed by atoms with Gasteiger partial charge in [0.05, 0.1) is 5.92 Å². The summed E-state index contributed by atoms with van der Waals surface area (Å²) in [5.41, 5.74) is 0. The molecule has 0 unspecified atom stereocenters. The second kappa shape index (κ2) is 7.53. The molecule has 22 heavy (non-hydrogen) atoms. The molecule has 1 aliphatic rings. The third-order valence-corrected chi connectivity index (χ3v) is 4.55. The van der Waals surface area contributed by atoms with E-state index in [1.807, 2.05) is 6.92 Å². The predicted octanol–water partition coefficient (Wildman–Crippen LogP) is 0.899. The van der Waals surface area contributed by atoms with Crippen LogP contribution in [-0.4, -0.2) is 65.7 Å². The summed E-state index contributed by atoms with van der Waals surface area (Å²) in [5, 5.41) is 12.8. The number of carbonyl (C=O) groups is 2. The summed E-state index contributed by atoms with van der Waals surface area (Å²) in [4.78, 5) is 27.5. The molecular weight excluding hydrogens is 302 g/mol. The van der Waals surface area contributed by atoms with Crippen LogP contribution in [0.1, 0.15) is 22.9 Å². The van der Waals surface area contributed by atoms with Crippen molar-refractivity contribution in [1.29, 1.82) is 0 Å². The number of hydrogen-bond donors (Lipinski definition) is 1. The number of nitrogens with zero attached hydrogens (tertiary/aromatic N) is 4. The fourth-order valence-corrected chi connectivity index (χ4v) is 3.23. The van der Waals surface area contributed by atoms with Crippen molar-refractivity contribution in [3.8, 4) is 0 Å². The molecule has 0 spiro atoms. The fourth-order valence-electron chi connectivity index (χ4n) is 2.52. The van der Waals surface area contributed by atoms with Gasteiger partial charge in [-0.25, -0.2) is 4.79 Å². The van der Waals surface area contributed by atoms with Crippen LogP contribution in [0.15, 0.2) is 0 Å². The molecule has 0 aliphatic carbocycles. The lowest BCUT2D eigenvalue weighted by Gasteiger charge is -2.33. The minimum absolute atomic E-state index is 0.0255. The average Bonchev–Trinajstić information content (AvgIpc) is 2.92. The lowest BCUT2D eigenvalue weighted by Crippen LogP contribution is -2.48. The molecular formula is C14H23N5O2S. The van der Waals surface area contributed by atoms with E-state index in [1.165, 1.54) is 0 Å². The zero-order valence-electron chi connectivity index (χ0n) is 13.3. The Morgan fingerprint density at radius 2 is 2.18 bits per heavy atom. The number of aryl methyl sites for hydroxylation is 1. The van der Waals surface area contributed by atoms with Gasteiger partial charge in [-0.15, -0.1) is 21.5 Å². The molecule has 1 aromatic rings. The lowest BCUT2D eigenvalue weighted by molar-refractivity contribution is -0.126. The summed E-state index contributed by atoms with van der Waals surface area (Å²) < 4.78 is 0. The van der Waals surface area contributed by atoms with Gasteiger partial charge in [0.15, 0.2) is 0 Å². The highest BCUT2D eigenvalue weighted by molar-refractivity contribution is 7.11. The van der Waals surface area contributed by atoms with E-state index in [0.29, 0.717) is 19.5 Å². The minimum Gasteiger partial charge on any atom is -0.355 e. The number of piperidine rings is 1. The molecule has 0 bridgehead atoms. The van der Waals surface area contributed by atoms with E-state index >= 15 is 0 Å². The summed E-state index contributed by atoms with van der Waals surface area (Å²) in [6, 6.07) is -0.0261. The Morgan fingerprint density at radius 3 is 2.82 bits per heavy atom. The van der Waals surface area contributed by atoms with Crippen molar-refractivity contribution in [2.75, 3.05) is 33.7 Å². The molecule has 1 aliphatic heterocycles. The molecule has 1 saturated heterocycles. The molecule has 2 rings (SSSR count). The van der Waals surface area contributed by atoms with Crippen LogP contribution < -0.4 is 5.32 Å². The Bertz CT molecular complexity index is 531. The Kier molecular flexibility index (Phi) is 5.70. The van der Waals surface area contributed by atoms with Crippen molar-refractivity contribution < 1.29 is 9.59 Å². The standard InChI is InChI=1S/C14H23N5O2S/c1-10-16-17-12(22-10)6-7-15-13(20)11-5-4-8-19(9-11)14(21)18(2)3/h11H,4-9H2,1-3H3,(H,15,20)/t11-/m0/s1. The number of rotatable bonds is 4. The van der Waals surface area contributed by atoms with Gasteiger partial charge in [0.2, 0.25) is 5.91 Å². The molecule has 1 N–H and O–H groups in total. The molecule has 0 aromatic carbocycles. The first-order valence-corrected chi connectivity index (χ1v) is 8.32. The maximum Gasteiger partial charge on any atom is 0.319 e. The maximum atomic E-state index is 12.2. The highest BCUT2D eigenvalue weighted by Crippen LogP contribution is 2.17. The molecule has 0 radical (unpaired) electrons. The van der Waals surface area contributed by atoms with E-state index in [-0.39, 0.29) is 17.9 Å². The summed E-state index contributed by atoms with van der Waals surface area (Å²) in [6.07, 6.45) is 2.40. The third-order valence-electron chi connectivity index (χ3n) is 3.65. The van der Waals surface area contributed by atoms with E-state index in [4.69, 9.17) is 0 Å². The third kappa shape index (κ3) is 4.40. The van der Waals surface area contributed by atoms with Crippen LogP contribution in [0.2, 0.25) is 0 Å². The number of likely N-dealkylation sites (tertiary alicyclic amines) is 1. The van der Waals surface area contributed by atoms with Gasteiger partial charge in [-0.3, -0.25) is 4.79 Å². The Balaban J connectivity index is 1.78. The maximum absolute atomic E-state index is 12.2. The van der Waals surface area contributed by atoms with Gasteiger partial charge in [0, 0.05) is 40.2 Å². The van der Waals surface area contributed by atoms with Crippen LogP contribution in [-0.2, 0) is 11.2 Å². The summed E-state index contributed by atoms with van der Waals surface area (Å²) in [7, 11) is 3.46. The van der Waals surface area contributed by atoms with Gasteiger partial charge in [0.25, 0.3) is 0 Å². The van der Waals surface area contributed by atoms with Gasteiger partial charge < -0.3 is 15.1 Å². The molecule has 1 fully saturated rings. The van der Waals surface area contributed by atoms with Crippen molar-refractivity contribution in [3.05, 3.63) is 10.0 Å². The molecule has 1 aromatic heterocycles. The number of hydrogen-bond acceptors (Lipinski definition) is 5. The normalized spacial score (nSPS) is 18.1. The van der Waals surface area contributed by atoms with E-state index in [1.54, 1.807) is 35.2 Å². The van der Waals surface area contributed by atoms with Gasteiger partial charge >= 0.3 is 6.03 Å². The fraction of sp³-hybridized carbons (Fsp3) is 0.714. The van der Waals surface area contributed by atoms with Crippen LogP contribution in [0.4, 0.5) is 4.79 Å². The van der Waals surface area contributed by atoms with Gasteiger partial charge in [0.1, 0.15) is 10.0 Å². The SMILES string of the molecule is Cc1nnc(CCNC(=O)[C@H]2CCCN(C(=O)N(C)C)C2)s1. The predicted molar refractivity (Wildman–Crippen MR) is 84.7 cm³/mol.